The summed E-state index contributed by atoms with van der Waals surface area (Å²) in [6.07, 6.45) is 6.04. The van der Waals surface area contributed by atoms with Gasteiger partial charge in [-0.25, -0.2) is 14.8 Å². The van der Waals surface area contributed by atoms with Gasteiger partial charge in [0.25, 0.3) is 0 Å². The Morgan fingerprint density at radius 1 is 1.31 bits per heavy atom. The van der Waals surface area contributed by atoms with Crippen molar-refractivity contribution < 1.29 is 14.3 Å². The van der Waals surface area contributed by atoms with Gasteiger partial charge in [0.15, 0.2) is 5.82 Å². The van der Waals surface area contributed by atoms with Crippen molar-refractivity contribution in [3.05, 3.63) is 36.3 Å². The number of likely N-dealkylation sites (N-methyl/N-ethyl adjacent to an activating group) is 1. The smallest absolute Gasteiger partial charge is 0.318 e. The highest BCUT2D eigenvalue weighted by molar-refractivity contribution is 5.98. The predicted molar refractivity (Wildman–Crippen MR) is 136 cm³/mol. The van der Waals surface area contributed by atoms with Gasteiger partial charge in [-0.1, -0.05) is 6.58 Å². The average molecular weight is 498 g/mol. The van der Waals surface area contributed by atoms with Gasteiger partial charge >= 0.3 is 6.03 Å². The Kier molecular flexibility index (Phi) is 7.55. The summed E-state index contributed by atoms with van der Waals surface area (Å²) in [6, 6.07) is -0.0668. The van der Waals surface area contributed by atoms with Crippen LogP contribution in [0.4, 0.5) is 22.2 Å². The highest BCUT2D eigenvalue weighted by Gasteiger charge is 2.44. The van der Waals surface area contributed by atoms with Gasteiger partial charge in [-0.2, -0.15) is 5.10 Å². The number of rotatable bonds is 8. The van der Waals surface area contributed by atoms with Crippen molar-refractivity contribution >= 4 is 29.4 Å². The van der Waals surface area contributed by atoms with Gasteiger partial charge in [0.05, 0.1) is 35.9 Å². The first-order valence-corrected chi connectivity index (χ1v) is 12.1. The maximum Gasteiger partial charge on any atom is 0.318 e. The lowest BCUT2D eigenvalue weighted by molar-refractivity contribution is -0.111. The molecule has 2 aromatic heterocycles. The van der Waals surface area contributed by atoms with Crippen LogP contribution in [0.2, 0.25) is 0 Å². The van der Waals surface area contributed by atoms with Crippen molar-refractivity contribution in [1.82, 2.24) is 35.3 Å². The van der Waals surface area contributed by atoms with Crippen molar-refractivity contribution in [2.75, 3.05) is 44.5 Å². The third kappa shape index (κ3) is 5.49. The lowest BCUT2D eigenvalue weighted by Crippen LogP contribution is -2.54. The first-order chi connectivity index (χ1) is 17.2. The third-order valence-electron chi connectivity index (χ3n) is 6.76. The Balaban J connectivity index is 1.46. The highest BCUT2D eigenvalue weighted by atomic mass is 16.5. The summed E-state index contributed by atoms with van der Waals surface area (Å²) in [5, 5.41) is 16.5. The lowest BCUT2D eigenvalue weighted by Gasteiger charge is -2.37. The van der Waals surface area contributed by atoms with Gasteiger partial charge in [0.1, 0.15) is 0 Å². The van der Waals surface area contributed by atoms with Gasteiger partial charge in [-0.3, -0.25) is 9.89 Å². The van der Waals surface area contributed by atoms with E-state index >= 15 is 0 Å². The van der Waals surface area contributed by atoms with Crippen LogP contribution in [-0.4, -0.2) is 81.8 Å². The van der Waals surface area contributed by atoms with Crippen LogP contribution in [-0.2, 0) is 21.6 Å². The van der Waals surface area contributed by atoms with Crippen LogP contribution in [0.25, 0.3) is 0 Å². The molecule has 0 bridgehead atoms. The second-order valence-corrected chi connectivity index (χ2v) is 9.95. The summed E-state index contributed by atoms with van der Waals surface area (Å²) < 4.78 is 5.53. The second kappa shape index (κ2) is 10.6. The molecular weight excluding hydrogens is 462 g/mol. The quantitative estimate of drug-likeness (QED) is 0.407. The average Bonchev–Trinajstić information content (AvgIpc) is 3.37. The molecule has 0 aromatic carbocycles. The third-order valence-corrected chi connectivity index (χ3v) is 6.76. The molecule has 1 fully saturated rings. The molecule has 0 radical (unpaired) electrons. The number of hydrogen-bond donors (Lipinski definition) is 4. The number of aromatic nitrogens is 4. The number of H-pyrrole nitrogens is 1. The Labute approximate surface area is 210 Å². The minimum absolute atomic E-state index is 0.0374. The van der Waals surface area contributed by atoms with E-state index in [1.54, 1.807) is 0 Å². The SMILES string of the molecule is C=CC(=O)Nc1cnc(Nc2n[nH]c3c2CN(C(=O)NC(CN(C)C)C2CCOCC2)C3(C)C)nc1. The molecule has 1 atom stereocenters. The number of ether oxygens (including phenoxy) is 1. The largest absolute Gasteiger partial charge is 0.381 e. The van der Waals surface area contributed by atoms with Crippen molar-refractivity contribution in [2.45, 2.75) is 44.8 Å². The van der Waals surface area contributed by atoms with E-state index in [2.05, 4.69) is 47.6 Å². The van der Waals surface area contributed by atoms with Crippen molar-refractivity contribution in [3.63, 3.8) is 0 Å². The number of carbonyl (C=O) groups excluding carboxylic acids is 2. The molecule has 4 rings (SSSR count). The molecule has 12 nitrogen and oxygen atoms in total. The van der Waals surface area contributed by atoms with E-state index < -0.39 is 5.54 Å². The summed E-state index contributed by atoms with van der Waals surface area (Å²) in [4.78, 5) is 37.4. The Bertz CT molecular complexity index is 1090. The summed E-state index contributed by atoms with van der Waals surface area (Å²) >= 11 is 0. The van der Waals surface area contributed by atoms with Gasteiger partial charge in [0, 0.05) is 31.4 Å². The molecule has 4 N–H and O–H groups in total. The molecule has 3 amide bonds. The first-order valence-electron chi connectivity index (χ1n) is 12.1. The number of nitrogens with one attached hydrogen (secondary N) is 4. The Hall–Kier alpha value is -3.51. The molecule has 0 aliphatic carbocycles. The van der Waals surface area contributed by atoms with Crippen molar-refractivity contribution in [2.24, 2.45) is 5.92 Å². The van der Waals surface area contributed by atoms with Crippen molar-refractivity contribution in [1.29, 1.82) is 0 Å². The van der Waals surface area contributed by atoms with E-state index in [0.717, 1.165) is 43.9 Å². The van der Waals surface area contributed by atoms with E-state index in [0.29, 0.717) is 29.9 Å². The number of carbonyl (C=O) groups is 2. The van der Waals surface area contributed by atoms with E-state index in [9.17, 15) is 9.59 Å². The molecular formula is C24H35N9O3. The van der Waals surface area contributed by atoms with Crippen LogP contribution in [0.1, 0.15) is 37.9 Å². The van der Waals surface area contributed by atoms with Crippen molar-refractivity contribution in [3.8, 4) is 0 Å². The number of amides is 3. The standard InChI is InChI=1S/C24H35N9O3/c1-6-19(34)27-16-11-25-22(26-12-16)29-21-17-13-33(24(2,3)20(17)30-31-21)23(35)28-18(14-32(4)5)15-7-9-36-10-8-15/h6,11-12,15,18H,1,7-10,13-14H2,2-5H3,(H,27,34)(H,28,35)(H2,25,26,29,30,31). The van der Waals surface area contributed by atoms with Gasteiger partial charge in [-0.15, -0.1) is 0 Å². The maximum atomic E-state index is 13.5. The van der Waals surface area contributed by atoms with Crippen LogP contribution in [0.3, 0.4) is 0 Å². The molecule has 4 heterocycles. The van der Waals surface area contributed by atoms with Gasteiger partial charge < -0.3 is 30.5 Å². The summed E-state index contributed by atoms with van der Waals surface area (Å²) in [7, 11) is 4.05. The van der Waals surface area contributed by atoms with Crippen LogP contribution >= 0.6 is 0 Å². The van der Waals surface area contributed by atoms with Crippen LogP contribution < -0.4 is 16.0 Å². The first kappa shape index (κ1) is 25.6. The second-order valence-electron chi connectivity index (χ2n) is 9.95. The molecule has 36 heavy (non-hydrogen) atoms. The fourth-order valence-electron chi connectivity index (χ4n) is 4.76. The zero-order chi connectivity index (χ0) is 25.9. The lowest BCUT2D eigenvalue weighted by atomic mass is 9.91. The molecule has 12 heteroatoms. The molecule has 1 saturated heterocycles. The Morgan fingerprint density at radius 2 is 2.00 bits per heavy atom. The highest BCUT2D eigenvalue weighted by Crippen LogP contribution is 2.41. The summed E-state index contributed by atoms with van der Waals surface area (Å²) in [5.41, 5.74) is 1.63. The number of nitrogens with zero attached hydrogens (tertiary/aromatic N) is 5. The number of anilines is 3. The molecule has 0 saturated carbocycles. The van der Waals surface area contributed by atoms with Crippen LogP contribution in [0.5, 0.6) is 0 Å². The molecule has 194 valence electrons. The van der Waals surface area contributed by atoms with Crippen LogP contribution in [0.15, 0.2) is 25.0 Å². The van der Waals surface area contributed by atoms with E-state index in [-0.39, 0.29) is 18.0 Å². The number of aromatic amines is 1. The van der Waals surface area contributed by atoms with Gasteiger partial charge in [0.2, 0.25) is 11.9 Å². The minimum atomic E-state index is -0.579. The summed E-state index contributed by atoms with van der Waals surface area (Å²) in [5.74, 6) is 0.927. The molecule has 1 unspecified atom stereocenters. The fourth-order valence-corrected chi connectivity index (χ4v) is 4.76. The number of urea groups is 1. The predicted octanol–water partition coefficient (Wildman–Crippen LogP) is 2.18. The monoisotopic (exact) mass is 497 g/mol. The molecule has 2 aliphatic rings. The minimum Gasteiger partial charge on any atom is -0.381 e. The Morgan fingerprint density at radius 3 is 2.64 bits per heavy atom. The molecule has 2 aliphatic heterocycles. The zero-order valence-electron chi connectivity index (χ0n) is 21.3. The normalized spacial score (nSPS) is 18.0. The molecule has 2 aromatic rings. The fraction of sp³-hybridized carbons (Fsp3) is 0.542. The van der Waals surface area contributed by atoms with E-state index in [4.69, 9.17) is 4.74 Å². The maximum absolute atomic E-state index is 13.5. The topological polar surface area (TPSA) is 140 Å². The van der Waals surface area contributed by atoms with Crippen LogP contribution in [0, 0.1) is 5.92 Å². The zero-order valence-corrected chi connectivity index (χ0v) is 21.3. The van der Waals surface area contributed by atoms with E-state index in [1.165, 1.54) is 18.5 Å². The number of hydrogen-bond acceptors (Lipinski definition) is 8. The van der Waals surface area contributed by atoms with E-state index in [1.807, 2.05) is 32.8 Å². The van der Waals surface area contributed by atoms with Gasteiger partial charge in [-0.05, 0) is 52.8 Å². The summed E-state index contributed by atoms with van der Waals surface area (Å²) in [6.45, 7) is 10.1. The number of fused-ring (bicyclic) bond motifs is 1. The molecule has 0 spiro atoms.